The molecule has 27 heavy (non-hydrogen) atoms. The standard InChI is InChI=1S/C17H19N5O4S/c1-11(2)22-9-8-14(21-22)16-19-20-17(26-16)18-15(23)10-12-4-6-13(7-5-12)27(3,24)25/h4-9,11H,10H2,1-3H3,(H,18,20,23). The van der Waals surface area contributed by atoms with Gasteiger partial charge in [0.05, 0.1) is 11.3 Å². The molecule has 0 saturated carbocycles. The number of aromatic nitrogens is 4. The number of hydrogen-bond acceptors (Lipinski definition) is 7. The van der Waals surface area contributed by atoms with Gasteiger partial charge in [-0.15, -0.1) is 5.10 Å². The highest BCUT2D eigenvalue weighted by Crippen LogP contribution is 2.19. The van der Waals surface area contributed by atoms with Crippen LogP contribution in [-0.4, -0.2) is 40.6 Å². The molecule has 9 nitrogen and oxygen atoms in total. The molecule has 0 fully saturated rings. The van der Waals surface area contributed by atoms with Crippen LogP contribution in [0.15, 0.2) is 45.8 Å². The summed E-state index contributed by atoms with van der Waals surface area (Å²) in [5.74, 6) is -0.146. The first-order valence-electron chi connectivity index (χ1n) is 8.20. The number of anilines is 1. The molecule has 3 rings (SSSR count). The smallest absolute Gasteiger partial charge is 0.322 e. The Labute approximate surface area is 156 Å². The van der Waals surface area contributed by atoms with Crippen molar-refractivity contribution in [2.24, 2.45) is 0 Å². The Hall–Kier alpha value is -3.01. The molecular formula is C17H19N5O4S. The summed E-state index contributed by atoms with van der Waals surface area (Å²) in [6.07, 6.45) is 2.98. The number of sulfone groups is 1. The van der Waals surface area contributed by atoms with Gasteiger partial charge in [-0.25, -0.2) is 8.42 Å². The molecule has 0 aliphatic carbocycles. The fourth-order valence-electron chi connectivity index (χ4n) is 2.32. The molecule has 0 spiro atoms. The average Bonchev–Trinajstić information content (AvgIpc) is 3.23. The molecule has 0 aliphatic heterocycles. The molecule has 0 atom stereocenters. The van der Waals surface area contributed by atoms with Crippen molar-refractivity contribution < 1.29 is 17.6 Å². The first-order chi connectivity index (χ1) is 12.7. The Bertz CT molecular complexity index is 1050. The second-order valence-corrected chi connectivity index (χ2v) is 8.34. The second kappa shape index (κ2) is 7.31. The molecule has 3 aromatic rings. The third-order valence-electron chi connectivity index (χ3n) is 3.74. The lowest BCUT2D eigenvalue weighted by Gasteiger charge is -2.03. The van der Waals surface area contributed by atoms with Crippen LogP contribution in [0.3, 0.4) is 0 Å². The highest BCUT2D eigenvalue weighted by Gasteiger charge is 2.15. The molecule has 1 N–H and O–H groups in total. The van der Waals surface area contributed by atoms with E-state index in [2.05, 4.69) is 20.6 Å². The van der Waals surface area contributed by atoms with E-state index in [9.17, 15) is 13.2 Å². The monoisotopic (exact) mass is 389 g/mol. The van der Waals surface area contributed by atoms with Crippen LogP contribution in [0.4, 0.5) is 6.01 Å². The largest absolute Gasteiger partial charge is 0.401 e. The molecule has 2 aromatic heterocycles. The predicted molar refractivity (Wildman–Crippen MR) is 97.8 cm³/mol. The molecule has 0 aliphatic rings. The SMILES string of the molecule is CC(C)n1ccc(-c2nnc(NC(=O)Cc3ccc(S(C)(=O)=O)cc3)o2)n1. The lowest BCUT2D eigenvalue weighted by molar-refractivity contribution is -0.115. The van der Waals surface area contributed by atoms with Gasteiger partial charge in [0, 0.05) is 18.5 Å². The van der Waals surface area contributed by atoms with Crippen molar-refractivity contribution in [3.05, 3.63) is 42.1 Å². The van der Waals surface area contributed by atoms with Crippen LogP contribution >= 0.6 is 0 Å². The number of hydrogen-bond donors (Lipinski definition) is 1. The highest BCUT2D eigenvalue weighted by molar-refractivity contribution is 7.90. The van der Waals surface area contributed by atoms with Gasteiger partial charge in [-0.2, -0.15) is 5.10 Å². The van der Waals surface area contributed by atoms with Crippen molar-refractivity contribution in [2.75, 3.05) is 11.6 Å². The van der Waals surface area contributed by atoms with Crippen LogP contribution in [-0.2, 0) is 21.1 Å². The lowest BCUT2D eigenvalue weighted by atomic mass is 10.1. The van der Waals surface area contributed by atoms with Gasteiger partial charge in [0.1, 0.15) is 5.69 Å². The summed E-state index contributed by atoms with van der Waals surface area (Å²) >= 11 is 0. The third-order valence-corrected chi connectivity index (χ3v) is 4.87. The van der Waals surface area contributed by atoms with E-state index in [1.807, 2.05) is 20.0 Å². The number of carbonyl (C=O) groups excluding carboxylic acids is 1. The van der Waals surface area contributed by atoms with Gasteiger partial charge < -0.3 is 4.42 Å². The van der Waals surface area contributed by atoms with Crippen molar-refractivity contribution in [3.63, 3.8) is 0 Å². The fourth-order valence-corrected chi connectivity index (χ4v) is 2.95. The minimum absolute atomic E-state index is 0.0261. The molecule has 0 radical (unpaired) electrons. The van der Waals surface area contributed by atoms with Crippen molar-refractivity contribution in [1.29, 1.82) is 0 Å². The summed E-state index contributed by atoms with van der Waals surface area (Å²) in [5.41, 5.74) is 1.18. The Morgan fingerprint density at radius 2 is 1.89 bits per heavy atom. The normalized spacial score (nSPS) is 11.7. The molecule has 0 bridgehead atoms. The Kier molecular flexibility index (Phi) is 5.08. The van der Waals surface area contributed by atoms with Gasteiger partial charge in [-0.1, -0.05) is 17.2 Å². The van der Waals surface area contributed by atoms with Crippen molar-refractivity contribution >= 4 is 21.8 Å². The van der Waals surface area contributed by atoms with E-state index in [1.165, 1.54) is 12.1 Å². The zero-order valence-electron chi connectivity index (χ0n) is 15.1. The van der Waals surface area contributed by atoms with Crippen molar-refractivity contribution in [3.8, 4) is 11.6 Å². The Morgan fingerprint density at radius 1 is 1.19 bits per heavy atom. The van der Waals surface area contributed by atoms with Gasteiger partial charge in [0.15, 0.2) is 9.84 Å². The van der Waals surface area contributed by atoms with E-state index in [4.69, 9.17) is 4.42 Å². The molecule has 1 aromatic carbocycles. The topological polar surface area (TPSA) is 120 Å². The first-order valence-corrected chi connectivity index (χ1v) is 10.1. The van der Waals surface area contributed by atoms with E-state index in [0.717, 1.165) is 6.26 Å². The quantitative estimate of drug-likeness (QED) is 0.685. The first kappa shape index (κ1) is 18.8. The van der Waals surface area contributed by atoms with Gasteiger partial charge in [0.25, 0.3) is 5.89 Å². The number of amides is 1. The van der Waals surface area contributed by atoms with E-state index >= 15 is 0 Å². The van der Waals surface area contributed by atoms with E-state index in [-0.39, 0.29) is 35.2 Å². The van der Waals surface area contributed by atoms with Crippen LogP contribution in [0.2, 0.25) is 0 Å². The van der Waals surface area contributed by atoms with E-state index in [0.29, 0.717) is 11.3 Å². The van der Waals surface area contributed by atoms with Crippen molar-refractivity contribution in [2.45, 2.75) is 31.2 Å². The highest BCUT2D eigenvalue weighted by atomic mass is 32.2. The number of rotatable bonds is 6. The van der Waals surface area contributed by atoms with Crippen LogP contribution in [0, 0.1) is 0 Å². The van der Waals surface area contributed by atoms with Gasteiger partial charge in [-0.05, 0) is 37.6 Å². The molecule has 0 unspecified atom stereocenters. The number of nitrogens with one attached hydrogen (secondary N) is 1. The average molecular weight is 389 g/mol. The third kappa shape index (κ3) is 4.59. The van der Waals surface area contributed by atoms with Crippen LogP contribution in [0.5, 0.6) is 0 Å². The van der Waals surface area contributed by atoms with Gasteiger partial charge in [-0.3, -0.25) is 14.8 Å². The second-order valence-electron chi connectivity index (χ2n) is 6.33. The number of benzene rings is 1. The summed E-state index contributed by atoms with van der Waals surface area (Å²) in [6, 6.07) is 8.04. The van der Waals surface area contributed by atoms with Crippen LogP contribution < -0.4 is 5.32 Å². The maximum atomic E-state index is 12.1. The molecule has 2 heterocycles. The molecular weight excluding hydrogens is 370 g/mol. The number of carbonyl (C=O) groups is 1. The summed E-state index contributed by atoms with van der Waals surface area (Å²) < 4.78 is 30.1. The Morgan fingerprint density at radius 3 is 2.48 bits per heavy atom. The summed E-state index contributed by atoms with van der Waals surface area (Å²) in [7, 11) is -3.27. The number of nitrogens with zero attached hydrogens (tertiary/aromatic N) is 4. The van der Waals surface area contributed by atoms with E-state index in [1.54, 1.807) is 22.9 Å². The zero-order chi connectivity index (χ0) is 19.6. The van der Waals surface area contributed by atoms with Gasteiger partial charge >= 0.3 is 6.01 Å². The lowest BCUT2D eigenvalue weighted by Crippen LogP contribution is -2.14. The summed E-state index contributed by atoms with van der Waals surface area (Å²) in [5, 5.41) is 14.5. The predicted octanol–water partition coefficient (Wildman–Crippen LogP) is 2.10. The zero-order valence-corrected chi connectivity index (χ0v) is 15.9. The van der Waals surface area contributed by atoms with Crippen LogP contribution in [0.25, 0.3) is 11.6 Å². The van der Waals surface area contributed by atoms with Crippen molar-refractivity contribution in [1.82, 2.24) is 20.0 Å². The van der Waals surface area contributed by atoms with Gasteiger partial charge in [0.2, 0.25) is 5.91 Å². The van der Waals surface area contributed by atoms with E-state index < -0.39 is 9.84 Å². The Balaban J connectivity index is 1.64. The molecule has 0 saturated heterocycles. The fraction of sp³-hybridized carbons (Fsp3) is 0.294. The summed E-state index contributed by atoms with van der Waals surface area (Å²) in [4.78, 5) is 12.3. The minimum Gasteiger partial charge on any atom is -0.401 e. The summed E-state index contributed by atoms with van der Waals surface area (Å²) in [6.45, 7) is 4.00. The molecule has 1 amide bonds. The molecule has 142 valence electrons. The maximum Gasteiger partial charge on any atom is 0.322 e. The minimum atomic E-state index is -3.27. The maximum absolute atomic E-state index is 12.1. The molecule has 10 heteroatoms. The van der Waals surface area contributed by atoms with Crippen LogP contribution in [0.1, 0.15) is 25.5 Å².